The number of carbonyl (C=O) groups excluding carboxylic acids is 1. The number of fused-ring (bicyclic) bond motifs is 1. The highest BCUT2D eigenvalue weighted by Gasteiger charge is 2.01. The van der Waals surface area contributed by atoms with Crippen molar-refractivity contribution >= 4 is 17.1 Å². The van der Waals surface area contributed by atoms with Crippen molar-refractivity contribution in [2.45, 2.75) is 6.42 Å². The van der Waals surface area contributed by atoms with E-state index in [1.807, 2.05) is 18.2 Å². The molecule has 6 nitrogen and oxygen atoms in total. The molecule has 0 aliphatic carbocycles. The zero-order chi connectivity index (χ0) is 12.3. The molecule has 0 aliphatic rings. The lowest BCUT2D eigenvalue weighted by Gasteiger charge is -2.03. The number of hydrogen-bond acceptors (Lipinski definition) is 3. The number of H-pyrrole nitrogens is 2. The normalized spacial score (nSPS) is 10.4. The Kier molecular flexibility index (Phi) is 3.13. The Labute approximate surface area is 97.0 Å². The number of amides is 1. The molecular weight excluding hydrogens is 222 g/mol. The smallest absolute Gasteiger partial charge is 0.406 e. The molecule has 0 bridgehead atoms. The van der Waals surface area contributed by atoms with Crippen molar-refractivity contribution in [3.8, 4) is 0 Å². The lowest BCUT2D eigenvalue weighted by molar-refractivity contribution is 0.171. The van der Waals surface area contributed by atoms with Gasteiger partial charge in [0.2, 0.25) is 0 Å². The second-order valence-corrected chi connectivity index (χ2v) is 3.63. The molecule has 0 fully saturated rings. The molecule has 3 N–H and O–H groups in total. The molecule has 6 heteroatoms. The van der Waals surface area contributed by atoms with Crippen molar-refractivity contribution in [1.29, 1.82) is 0 Å². The predicted octanol–water partition coefficient (Wildman–Crippen LogP) is 0.755. The SMILES string of the molecule is COC(=O)NCCc1ccc2[nH]c(=O)[nH]c2c1. The number of rotatable bonds is 3. The van der Waals surface area contributed by atoms with Gasteiger partial charge in [0.25, 0.3) is 0 Å². The van der Waals surface area contributed by atoms with Crippen molar-refractivity contribution in [2.75, 3.05) is 13.7 Å². The number of alkyl carbamates (subject to hydrolysis) is 1. The molecule has 1 amide bonds. The molecule has 1 aromatic carbocycles. The maximum atomic E-state index is 11.1. The van der Waals surface area contributed by atoms with Gasteiger partial charge < -0.3 is 20.0 Å². The lowest BCUT2D eigenvalue weighted by Crippen LogP contribution is -2.25. The van der Waals surface area contributed by atoms with Gasteiger partial charge in [-0.2, -0.15) is 0 Å². The van der Waals surface area contributed by atoms with E-state index in [9.17, 15) is 9.59 Å². The van der Waals surface area contributed by atoms with Crippen LogP contribution in [0.25, 0.3) is 11.0 Å². The molecule has 0 radical (unpaired) electrons. The van der Waals surface area contributed by atoms with Gasteiger partial charge in [-0.25, -0.2) is 9.59 Å². The number of nitrogens with one attached hydrogen (secondary N) is 3. The standard InChI is InChI=1S/C11H13N3O3/c1-17-11(16)12-5-4-7-2-3-8-9(6-7)14-10(15)13-8/h2-3,6H,4-5H2,1H3,(H,12,16)(H2,13,14,15). The van der Waals surface area contributed by atoms with E-state index >= 15 is 0 Å². The Hall–Kier alpha value is -2.24. The van der Waals surface area contributed by atoms with Gasteiger partial charge >= 0.3 is 11.8 Å². The molecular formula is C11H13N3O3. The second-order valence-electron chi connectivity index (χ2n) is 3.63. The Bertz CT molecular complexity index is 585. The average molecular weight is 235 g/mol. The first-order valence-electron chi connectivity index (χ1n) is 5.22. The van der Waals surface area contributed by atoms with Crippen LogP contribution in [-0.4, -0.2) is 29.7 Å². The summed E-state index contributed by atoms with van der Waals surface area (Å²) in [6, 6.07) is 5.62. The number of methoxy groups -OCH3 is 1. The summed E-state index contributed by atoms with van der Waals surface area (Å²) in [4.78, 5) is 27.2. The van der Waals surface area contributed by atoms with E-state index in [0.29, 0.717) is 13.0 Å². The van der Waals surface area contributed by atoms with Crippen LogP contribution in [0.1, 0.15) is 5.56 Å². The van der Waals surface area contributed by atoms with E-state index in [1.165, 1.54) is 7.11 Å². The number of ether oxygens (including phenoxy) is 1. The first-order chi connectivity index (χ1) is 8.19. The molecule has 1 heterocycles. The van der Waals surface area contributed by atoms with E-state index in [2.05, 4.69) is 20.0 Å². The van der Waals surface area contributed by atoms with Crippen LogP contribution in [0.3, 0.4) is 0 Å². The molecule has 0 spiro atoms. The molecule has 0 saturated heterocycles. The van der Waals surface area contributed by atoms with Gasteiger partial charge in [-0.3, -0.25) is 0 Å². The summed E-state index contributed by atoms with van der Waals surface area (Å²) in [7, 11) is 1.33. The first kappa shape index (κ1) is 11.3. The highest BCUT2D eigenvalue weighted by molar-refractivity contribution is 5.75. The molecule has 0 saturated carbocycles. The fourth-order valence-electron chi connectivity index (χ4n) is 1.62. The molecule has 0 atom stereocenters. The molecule has 17 heavy (non-hydrogen) atoms. The van der Waals surface area contributed by atoms with Crippen LogP contribution in [0.15, 0.2) is 23.0 Å². The summed E-state index contributed by atoms with van der Waals surface area (Å²) in [5.74, 6) is 0. The number of imidazole rings is 1. The number of aromatic amines is 2. The van der Waals surface area contributed by atoms with Crippen LogP contribution in [0.4, 0.5) is 4.79 Å². The monoisotopic (exact) mass is 235 g/mol. The van der Waals surface area contributed by atoms with E-state index in [1.54, 1.807) is 0 Å². The molecule has 2 aromatic rings. The minimum absolute atomic E-state index is 0.218. The number of aromatic nitrogens is 2. The maximum Gasteiger partial charge on any atom is 0.406 e. The minimum atomic E-state index is -0.443. The average Bonchev–Trinajstić information content (AvgIpc) is 2.68. The van der Waals surface area contributed by atoms with Crippen LogP contribution in [0, 0.1) is 0 Å². The fourth-order valence-corrected chi connectivity index (χ4v) is 1.62. The summed E-state index contributed by atoms with van der Waals surface area (Å²) in [6.45, 7) is 0.493. The zero-order valence-electron chi connectivity index (χ0n) is 9.37. The second kappa shape index (κ2) is 4.73. The Morgan fingerprint density at radius 2 is 2.12 bits per heavy atom. The highest BCUT2D eigenvalue weighted by Crippen LogP contribution is 2.10. The molecule has 2 rings (SSSR count). The quantitative estimate of drug-likeness (QED) is 0.733. The summed E-state index contributed by atoms with van der Waals surface area (Å²) in [5, 5.41) is 2.59. The summed E-state index contributed by atoms with van der Waals surface area (Å²) in [6.07, 6.45) is 0.235. The minimum Gasteiger partial charge on any atom is -0.453 e. The Morgan fingerprint density at radius 1 is 1.35 bits per heavy atom. The summed E-state index contributed by atoms with van der Waals surface area (Å²) < 4.78 is 4.46. The van der Waals surface area contributed by atoms with Crippen LogP contribution in [-0.2, 0) is 11.2 Å². The summed E-state index contributed by atoms with van der Waals surface area (Å²) >= 11 is 0. The van der Waals surface area contributed by atoms with Crippen molar-refractivity contribution in [3.05, 3.63) is 34.2 Å². The van der Waals surface area contributed by atoms with Crippen LogP contribution >= 0.6 is 0 Å². The van der Waals surface area contributed by atoms with Gasteiger partial charge in [0, 0.05) is 6.54 Å². The molecule has 0 aliphatic heterocycles. The third kappa shape index (κ3) is 2.66. The van der Waals surface area contributed by atoms with Crippen LogP contribution in [0.2, 0.25) is 0 Å². The van der Waals surface area contributed by atoms with Crippen LogP contribution < -0.4 is 11.0 Å². The number of benzene rings is 1. The summed E-state index contributed by atoms with van der Waals surface area (Å²) in [5.41, 5.74) is 2.36. The largest absolute Gasteiger partial charge is 0.453 e. The molecule has 90 valence electrons. The fraction of sp³-hybridized carbons (Fsp3) is 0.273. The number of hydrogen-bond donors (Lipinski definition) is 3. The van der Waals surface area contributed by atoms with E-state index in [0.717, 1.165) is 16.6 Å². The number of carbonyl (C=O) groups is 1. The van der Waals surface area contributed by atoms with E-state index in [-0.39, 0.29) is 5.69 Å². The van der Waals surface area contributed by atoms with Gasteiger partial charge in [0.05, 0.1) is 18.1 Å². The van der Waals surface area contributed by atoms with Gasteiger partial charge in [-0.1, -0.05) is 6.07 Å². The van der Waals surface area contributed by atoms with Crippen molar-refractivity contribution in [2.24, 2.45) is 0 Å². The van der Waals surface area contributed by atoms with Crippen molar-refractivity contribution < 1.29 is 9.53 Å². The van der Waals surface area contributed by atoms with Crippen molar-refractivity contribution in [1.82, 2.24) is 15.3 Å². The van der Waals surface area contributed by atoms with Gasteiger partial charge in [-0.15, -0.1) is 0 Å². The third-order valence-electron chi connectivity index (χ3n) is 2.45. The Balaban J connectivity index is 2.04. The highest BCUT2D eigenvalue weighted by atomic mass is 16.5. The Morgan fingerprint density at radius 3 is 2.88 bits per heavy atom. The third-order valence-corrected chi connectivity index (χ3v) is 2.45. The predicted molar refractivity (Wildman–Crippen MR) is 63.0 cm³/mol. The van der Waals surface area contributed by atoms with E-state index < -0.39 is 6.09 Å². The van der Waals surface area contributed by atoms with Gasteiger partial charge in [-0.05, 0) is 24.1 Å². The van der Waals surface area contributed by atoms with Crippen LogP contribution in [0.5, 0.6) is 0 Å². The van der Waals surface area contributed by atoms with E-state index in [4.69, 9.17) is 0 Å². The maximum absolute atomic E-state index is 11.1. The first-order valence-corrected chi connectivity index (χ1v) is 5.22. The molecule has 0 unspecified atom stereocenters. The lowest BCUT2D eigenvalue weighted by atomic mass is 10.1. The van der Waals surface area contributed by atoms with Crippen molar-refractivity contribution in [3.63, 3.8) is 0 Å². The van der Waals surface area contributed by atoms with Gasteiger partial charge in [0.1, 0.15) is 0 Å². The van der Waals surface area contributed by atoms with Gasteiger partial charge in [0.15, 0.2) is 0 Å². The topological polar surface area (TPSA) is 87.0 Å². The molecule has 1 aromatic heterocycles. The zero-order valence-corrected chi connectivity index (χ0v) is 9.37.